The number of benzene rings is 1. The topological polar surface area (TPSA) is 29.3 Å². The summed E-state index contributed by atoms with van der Waals surface area (Å²) in [5, 5.41) is 0. The predicted molar refractivity (Wildman–Crippen MR) is 79.6 cm³/mol. The van der Waals surface area contributed by atoms with Gasteiger partial charge in [-0.05, 0) is 31.9 Å². The zero-order valence-electron chi connectivity index (χ0n) is 12.1. The lowest BCUT2D eigenvalue weighted by molar-refractivity contribution is 0.141. The van der Waals surface area contributed by atoms with E-state index >= 15 is 0 Å². The smallest absolute Gasteiger partial charge is 0.0473 e. The maximum Gasteiger partial charge on any atom is 0.0473 e. The van der Waals surface area contributed by atoms with E-state index in [1.54, 1.807) is 0 Å². The standard InChI is InChI=1S/C16H28N2/c1-4-6-12-18(14(3)5-2)16(13-17)15-10-8-7-9-11-15/h7-11,14,16H,4-6,12-13,17H2,1-3H3. The summed E-state index contributed by atoms with van der Waals surface area (Å²) in [6.07, 6.45) is 3.65. The Morgan fingerprint density at radius 1 is 1.17 bits per heavy atom. The molecule has 2 atom stereocenters. The third kappa shape index (κ3) is 4.11. The van der Waals surface area contributed by atoms with Crippen molar-refractivity contribution in [2.45, 2.75) is 52.1 Å². The molecule has 0 heterocycles. The van der Waals surface area contributed by atoms with Crippen LogP contribution >= 0.6 is 0 Å². The SMILES string of the molecule is CCCCN(C(C)CC)C(CN)c1ccccc1. The maximum absolute atomic E-state index is 6.03. The molecule has 0 saturated carbocycles. The molecular weight excluding hydrogens is 220 g/mol. The van der Waals surface area contributed by atoms with Crippen LogP contribution in [-0.2, 0) is 0 Å². The first-order valence-electron chi connectivity index (χ1n) is 7.25. The number of nitrogens with zero attached hydrogens (tertiary/aromatic N) is 1. The fourth-order valence-corrected chi connectivity index (χ4v) is 2.40. The molecule has 1 aromatic carbocycles. The minimum Gasteiger partial charge on any atom is -0.329 e. The van der Waals surface area contributed by atoms with Gasteiger partial charge in [-0.1, -0.05) is 50.6 Å². The second-order valence-electron chi connectivity index (χ2n) is 5.01. The first kappa shape index (κ1) is 15.2. The zero-order chi connectivity index (χ0) is 13.4. The van der Waals surface area contributed by atoms with Gasteiger partial charge in [0.05, 0.1) is 0 Å². The Kier molecular flexibility index (Phi) is 6.99. The molecule has 2 nitrogen and oxygen atoms in total. The van der Waals surface area contributed by atoms with E-state index in [2.05, 4.69) is 56.0 Å². The van der Waals surface area contributed by atoms with E-state index in [1.165, 1.54) is 24.8 Å². The van der Waals surface area contributed by atoms with Crippen molar-refractivity contribution < 1.29 is 0 Å². The molecule has 0 radical (unpaired) electrons. The van der Waals surface area contributed by atoms with Crippen LogP contribution in [-0.4, -0.2) is 24.0 Å². The third-order valence-corrected chi connectivity index (χ3v) is 3.73. The van der Waals surface area contributed by atoms with Crippen LogP contribution in [0.2, 0.25) is 0 Å². The van der Waals surface area contributed by atoms with Crippen molar-refractivity contribution in [3.8, 4) is 0 Å². The van der Waals surface area contributed by atoms with Crippen LogP contribution in [0.1, 0.15) is 51.6 Å². The molecule has 2 heteroatoms. The van der Waals surface area contributed by atoms with Gasteiger partial charge in [0.1, 0.15) is 0 Å². The van der Waals surface area contributed by atoms with Crippen LogP contribution in [0.25, 0.3) is 0 Å². The van der Waals surface area contributed by atoms with Gasteiger partial charge >= 0.3 is 0 Å². The quantitative estimate of drug-likeness (QED) is 0.762. The summed E-state index contributed by atoms with van der Waals surface area (Å²) in [4.78, 5) is 2.57. The van der Waals surface area contributed by atoms with Crippen LogP contribution in [0.3, 0.4) is 0 Å². The van der Waals surface area contributed by atoms with Crippen LogP contribution in [0, 0.1) is 0 Å². The molecular formula is C16H28N2. The Hall–Kier alpha value is -0.860. The van der Waals surface area contributed by atoms with Crippen molar-refractivity contribution in [1.82, 2.24) is 4.90 Å². The van der Waals surface area contributed by atoms with Crippen molar-refractivity contribution in [3.63, 3.8) is 0 Å². The highest BCUT2D eigenvalue weighted by Crippen LogP contribution is 2.23. The lowest BCUT2D eigenvalue weighted by Gasteiger charge is -2.36. The normalized spacial score (nSPS) is 14.7. The number of hydrogen-bond donors (Lipinski definition) is 1. The van der Waals surface area contributed by atoms with Gasteiger partial charge in [-0.2, -0.15) is 0 Å². The third-order valence-electron chi connectivity index (χ3n) is 3.73. The van der Waals surface area contributed by atoms with Crippen LogP contribution < -0.4 is 5.73 Å². The molecule has 0 aliphatic rings. The van der Waals surface area contributed by atoms with E-state index in [1.807, 2.05) is 0 Å². The van der Waals surface area contributed by atoms with E-state index in [9.17, 15) is 0 Å². The molecule has 2 N–H and O–H groups in total. The van der Waals surface area contributed by atoms with E-state index in [4.69, 9.17) is 5.73 Å². The Balaban J connectivity index is 2.86. The predicted octanol–water partition coefficient (Wildman–Crippen LogP) is 3.59. The molecule has 18 heavy (non-hydrogen) atoms. The number of unbranched alkanes of at least 4 members (excludes halogenated alkanes) is 1. The molecule has 0 spiro atoms. The molecule has 2 unspecified atom stereocenters. The summed E-state index contributed by atoms with van der Waals surface area (Å²) in [5.74, 6) is 0. The highest BCUT2D eigenvalue weighted by Gasteiger charge is 2.22. The number of nitrogens with two attached hydrogens (primary N) is 1. The molecule has 0 amide bonds. The van der Waals surface area contributed by atoms with Crippen molar-refractivity contribution in [1.29, 1.82) is 0 Å². The average Bonchev–Trinajstić information content (AvgIpc) is 2.43. The molecule has 0 saturated heterocycles. The molecule has 102 valence electrons. The van der Waals surface area contributed by atoms with Gasteiger partial charge in [0.2, 0.25) is 0 Å². The van der Waals surface area contributed by atoms with Gasteiger partial charge in [-0.15, -0.1) is 0 Å². The van der Waals surface area contributed by atoms with Gasteiger partial charge in [-0.25, -0.2) is 0 Å². The molecule has 0 aliphatic carbocycles. The van der Waals surface area contributed by atoms with E-state index < -0.39 is 0 Å². The van der Waals surface area contributed by atoms with Gasteiger partial charge in [0, 0.05) is 18.6 Å². The molecule has 0 fully saturated rings. The average molecular weight is 248 g/mol. The largest absolute Gasteiger partial charge is 0.329 e. The van der Waals surface area contributed by atoms with Gasteiger partial charge in [0.15, 0.2) is 0 Å². The molecule has 0 aliphatic heterocycles. The minimum atomic E-state index is 0.354. The van der Waals surface area contributed by atoms with E-state index in [0.717, 1.165) is 6.54 Å². The Morgan fingerprint density at radius 2 is 1.83 bits per heavy atom. The highest BCUT2D eigenvalue weighted by atomic mass is 15.2. The molecule has 0 bridgehead atoms. The van der Waals surface area contributed by atoms with Gasteiger partial charge in [0.25, 0.3) is 0 Å². The summed E-state index contributed by atoms with van der Waals surface area (Å²) in [7, 11) is 0. The maximum atomic E-state index is 6.03. The van der Waals surface area contributed by atoms with Crippen LogP contribution in [0.4, 0.5) is 0 Å². The Labute approximate surface area is 112 Å². The van der Waals surface area contributed by atoms with Gasteiger partial charge in [-0.3, -0.25) is 4.90 Å². The van der Waals surface area contributed by atoms with E-state index in [-0.39, 0.29) is 0 Å². The lowest BCUT2D eigenvalue weighted by atomic mass is 10.0. The lowest BCUT2D eigenvalue weighted by Crippen LogP contribution is -2.40. The minimum absolute atomic E-state index is 0.354. The van der Waals surface area contributed by atoms with Crippen molar-refractivity contribution in [2.75, 3.05) is 13.1 Å². The van der Waals surface area contributed by atoms with Crippen LogP contribution in [0.5, 0.6) is 0 Å². The molecule has 0 aromatic heterocycles. The zero-order valence-corrected chi connectivity index (χ0v) is 12.1. The summed E-state index contributed by atoms with van der Waals surface area (Å²) in [6.45, 7) is 8.64. The molecule has 1 aromatic rings. The van der Waals surface area contributed by atoms with Crippen molar-refractivity contribution in [2.24, 2.45) is 5.73 Å². The first-order chi connectivity index (χ1) is 8.74. The summed E-state index contributed by atoms with van der Waals surface area (Å²) in [5.41, 5.74) is 7.37. The van der Waals surface area contributed by atoms with Crippen LogP contribution in [0.15, 0.2) is 30.3 Å². The van der Waals surface area contributed by atoms with Crippen molar-refractivity contribution >= 4 is 0 Å². The Bertz CT molecular complexity index is 310. The second-order valence-corrected chi connectivity index (χ2v) is 5.01. The fraction of sp³-hybridized carbons (Fsp3) is 0.625. The van der Waals surface area contributed by atoms with Crippen molar-refractivity contribution in [3.05, 3.63) is 35.9 Å². The molecule has 1 rings (SSSR count). The Morgan fingerprint density at radius 3 is 2.33 bits per heavy atom. The number of rotatable bonds is 8. The fourth-order valence-electron chi connectivity index (χ4n) is 2.40. The first-order valence-corrected chi connectivity index (χ1v) is 7.25. The van der Waals surface area contributed by atoms with E-state index in [0.29, 0.717) is 18.6 Å². The number of hydrogen-bond acceptors (Lipinski definition) is 2. The second kappa shape index (κ2) is 8.28. The van der Waals surface area contributed by atoms with Gasteiger partial charge < -0.3 is 5.73 Å². The summed E-state index contributed by atoms with van der Waals surface area (Å²) < 4.78 is 0. The summed E-state index contributed by atoms with van der Waals surface area (Å²) in [6, 6.07) is 11.6. The highest BCUT2D eigenvalue weighted by molar-refractivity contribution is 5.19. The summed E-state index contributed by atoms with van der Waals surface area (Å²) >= 11 is 0. The monoisotopic (exact) mass is 248 g/mol.